The minimum absolute atomic E-state index is 0.0280. The molecule has 1 aromatic heterocycles. The Morgan fingerprint density at radius 1 is 1.26 bits per heavy atom. The van der Waals surface area contributed by atoms with Gasteiger partial charge in [-0.25, -0.2) is 0 Å². The molecule has 1 N–H and O–H groups in total. The van der Waals surface area contributed by atoms with Gasteiger partial charge >= 0.3 is 0 Å². The van der Waals surface area contributed by atoms with E-state index in [0.717, 1.165) is 19.4 Å². The second-order valence-electron chi connectivity index (χ2n) is 8.60. The maximum absolute atomic E-state index is 13.0. The molecule has 3 nitrogen and oxygen atoms in total. The molecular formula is C23H32N2OS. The van der Waals surface area contributed by atoms with Crippen LogP contribution in [0.4, 0.5) is 0 Å². The molecule has 27 heavy (non-hydrogen) atoms. The maximum Gasteiger partial charge on any atom is 0.237 e. The highest BCUT2D eigenvalue weighted by atomic mass is 32.1. The van der Waals surface area contributed by atoms with Gasteiger partial charge in [0.1, 0.15) is 0 Å². The molecule has 1 aliphatic heterocycles. The fraction of sp³-hybridized carbons (Fsp3) is 0.522. The largest absolute Gasteiger partial charge is 0.330 e. The summed E-state index contributed by atoms with van der Waals surface area (Å²) in [4.78, 5) is 16.5. The van der Waals surface area contributed by atoms with Crippen molar-refractivity contribution in [3.05, 3.63) is 57.3 Å². The van der Waals surface area contributed by atoms with Crippen molar-refractivity contribution in [2.24, 2.45) is 0 Å². The van der Waals surface area contributed by atoms with Crippen molar-refractivity contribution in [3.63, 3.8) is 0 Å². The Bertz CT molecular complexity index is 772. The number of carbonyl (C=O) groups is 1. The number of hydrogen-bond acceptors (Lipinski definition) is 3. The lowest BCUT2D eigenvalue weighted by Gasteiger charge is -2.37. The van der Waals surface area contributed by atoms with Crippen molar-refractivity contribution in [1.82, 2.24) is 10.2 Å². The van der Waals surface area contributed by atoms with Crippen LogP contribution in [0.15, 0.2) is 35.7 Å². The lowest BCUT2D eigenvalue weighted by molar-refractivity contribution is -0.132. The molecule has 3 rings (SSSR count). The van der Waals surface area contributed by atoms with Crippen LogP contribution in [0.1, 0.15) is 68.6 Å². The van der Waals surface area contributed by atoms with Crippen LogP contribution < -0.4 is 5.32 Å². The van der Waals surface area contributed by atoms with Gasteiger partial charge in [0.15, 0.2) is 0 Å². The third-order valence-electron chi connectivity index (χ3n) is 5.59. The fourth-order valence-corrected chi connectivity index (χ4v) is 4.52. The highest BCUT2D eigenvalue weighted by molar-refractivity contribution is 7.10. The van der Waals surface area contributed by atoms with Gasteiger partial charge in [-0.1, -0.05) is 52.0 Å². The minimum atomic E-state index is 0.0280. The van der Waals surface area contributed by atoms with Gasteiger partial charge in [0, 0.05) is 17.5 Å². The fourth-order valence-electron chi connectivity index (χ4n) is 3.62. The molecule has 0 saturated carbocycles. The average Bonchev–Trinajstić information content (AvgIpc) is 3.13. The number of carbonyl (C=O) groups excluding carboxylic acids is 1. The molecule has 0 spiro atoms. The molecule has 0 unspecified atom stereocenters. The van der Waals surface area contributed by atoms with E-state index in [1.54, 1.807) is 0 Å². The van der Waals surface area contributed by atoms with E-state index < -0.39 is 0 Å². The lowest BCUT2D eigenvalue weighted by Crippen LogP contribution is -2.45. The number of rotatable bonds is 5. The predicted molar refractivity (Wildman–Crippen MR) is 114 cm³/mol. The Labute approximate surface area is 167 Å². The lowest BCUT2D eigenvalue weighted by atomic mass is 9.85. The molecule has 2 aromatic rings. The predicted octanol–water partition coefficient (Wildman–Crippen LogP) is 4.91. The van der Waals surface area contributed by atoms with Gasteiger partial charge in [0.2, 0.25) is 5.91 Å². The summed E-state index contributed by atoms with van der Waals surface area (Å²) >= 11 is 1.81. The van der Waals surface area contributed by atoms with Crippen molar-refractivity contribution >= 4 is 17.2 Å². The highest BCUT2D eigenvalue weighted by Crippen LogP contribution is 2.38. The zero-order valence-electron chi connectivity index (χ0n) is 17.2. The van der Waals surface area contributed by atoms with Gasteiger partial charge in [-0.05, 0) is 53.3 Å². The molecule has 1 amide bonds. The smallest absolute Gasteiger partial charge is 0.237 e. The van der Waals surface area contributed by atoms with Crippen LogP contribution in [0, 0.1) is 0 Å². The minimum Gasteiger partial charge on any atom is -0.330 e. The van der Waals surface area contributed by atoms with Crippen molar-refractivity contribution in [2.75, 3.05) is 13.1 Å². The van der Waals surface area contributed by atoms with Crippen molar-refractivity contribution < 1.29 is 4.79 Å². The number of amides is 1. The SMILES string of the molecule is CC[C@H](C)NCC(=O)N1CCc2sccc2[C@H]1c1ccc(C(C)(C)C)cc1. The van der Waals surface area contributed by atoms with E-state index in [1.807, 2.05) is 11.3 Å². The van der Waals surface area contributed by atoms with E-state index in [1.165, 1.54) is 21.6 Å². The molecule has 1 aromatic carbocycles. The molecular weight excluding hydrogens is 352 g/mol. The first kappa shape index (κ1) is 20.1. The zero-order valence-corrected chi connectivity index (χ0v) is 18.0. The molecule has 2 atom stereocenters. The summed E-state index contributed by atoms with van der Waals surface area (Å²) in [5.41, 5.74) is 3.96. The van der Waals surface area contributed by atoms with E-state index in [0.29, 0.717) is 12.6 Å². The summed E-state index contributed by atoms with van der Waals surface area (Å²) in [6.45, 7) is 12.2. The third kappa shape index (κ3) is 4.44. The summed E-state index contributed by atoms with van der Waals surface area (Å²) in [5.74, 6) is 0.192. The third-order valence-corrected chi connectivity index (χ3v) is 6.59. The summed E-state index contributed by atoms with van der Waals surface area (Å²) < 4.78 is 0. The van der Waals surface area contributed by atoms with E-state index in [4.69, 9.17) is 0 Å². The van der Waals surface area contributed by atoms with E-state index in [9.17, 15) is 4.79 Å². The Morgan fingerprint density at radius 3 is 2.59 bits per heavy atom. The number of thiophene rings is 1. The molecule has 1 aliphatic rings. The standard InChI is InChI=1S/C23H32N2OS/c1-6-16(2)24-15-21(26)25-13-11-20-19(12-14-27-20)22(25)17-7-9-18(10-8-17)23(3,4)5/h7-10,12,14,16,22,24H,6,11,13,15H2,1-5H3/t16-,22+/m0/s1. The van der Waals surface area contributed by atoms with E-state index in [2.05, 4.69) is 80.5 Å². The van der Waals surface area contributed by atoms with Crippen LogP contribution in [-0.4, -0.2) is 29.9 Å². The van der Waals surface area contributed by atoms with Crippen LogP contribution >= 0.6 is 11.3 Å². The Hall–Kier alpha value is -1.65. The van der Waals surface area contributed by atoms with Gasteiger partial charge in [0.05, 0.1) is 12.6 Å². The Kier molecular flexibility index (Phi) is 6.07. The molecule has 4 heteroatoms. The van der Waals surface area contributed by atoms with Gasteiger partial charge in [-0.15, -0.1) is 11.3 Å². The van der Waals surface area contributed by atoms with Crippen molar-refractivity contribution in [1.29, 1.82) is 0 Å². The van der Waals surface area contributed by atoms with Gasteiger partial charge in [-0.2, -0.15) is 0 Å². The molecule has 0 bridgehead atoms. The first-order chi connectivity index (χ1) is 12.8. The second-order valence-corrected chi connectivity index (χ2v) is 9.60. The summed E-state index contributed by atoms with van der Waals surface area (Å²) in [6, 6.07) is 11.4. The highest BCUT2D eigenvalue weighted by Gasteiger charge is 2.32. The van der Waals surface area contributed by atoms with E-state index >= 15 is 0 Å². The monoisotopic (exact) mass is 384 g/mol. The molecule has 0 radical (unpaired) electrons. The van der Waals surface area contributed by atoms with E-state index in [-0.39, 0.29) is 17.4 Å². The van der Waals surface area contributed by atoms with Crippen LogP contribution in [0.2, 0.25) is 0 Å². The molecule has 146 valence electrons. The first-order valence-electron chi connectivity index (χ1n) is 10.0. The first-order valence-corrected chi connectivity index (χ1v) is 10.9. The zero-order chi connectivity index (χ0) is 19.6. The maximum atomic E-state index is 13.0. The molecule has 0 fully saturated rings. The quantitative estimate of drug-likeness (QED) is 0.794. The van der Waals surface area contributed by atoms with Gasteiger partial charge in [-0.3, -0.25) is 4.79 Å². The van der Waals surface area contributed by atoms with Crippen LogP contribution in [0.25, 0.3) is 0 Å². The van der Waals surface area contributed by atoms with Crippen molar-refractivity contribution in [3.8, 4) is 0 Å². The Morgan fingerprint density at radius 2 is 1.96 bits per heavy atom. The van der Waals surface area contributed by atoms with Crippen molar-refractivity contribution in [2.45, 2.75) is 65.0 Å². The topological polar surface area (TPSA) is 32.3 Å². The molecule has 0 saturated heterocycles. The normalized spacial score (nSPS) is 18.3. The Balaban J connectivity index is 1.89. The van der Waals surface area contributed by atoms with Crippen LogP contribution in [0.3, 0.4) is 0 Å². The van der Waals surface area contributed by atoms with Crippen LogP contribution in [-0.2, 0) is 16.6 Å². The summed E-state index contributed by atoms with van der Waals surface area (Å²) in [7, 11) is 0. The van der Waals surface area contributed by atoms with Crippen LogP contribution in [0.5, 0.6) is 0 Å². The summed E-state index contributed by atoms with van der Waals surface area (Å²) in [6.07, 6.45) is 1.98. The summed E-state index contributed by atoms with van der Waals surface area (Å²) in [5, 5.41) is 5.52. The van der Waals surface area contributed by atoms with Gasteiger partial charge in [0.25, 0.3) is 0 Å². The number of nitrogens with zero attached hydrogens (tertiary/aromatic N) is 1. The average molecular weight is 385 g/mol. The number of fused-ring (bicyclic) bond motifs is 1. The molecule has 2 heterocycles. The second kappa shape index (κ2) is 8.15. The number of hydrogen-bond donors (Lipinski definition) is 1. The number of benzene rings is 1. The van der Waals surface area contributed by atoms with Gasteiger partial charge < -0.3 is 10.2 Å². The number of nitrogens with one attached hydrogen (secondary N) is 1. The molecule has 0 aliphatic carbocycles.